The Morgan fingerprint density at radius 1 is 1.15 bits per heavy atom. The molecule has 0 aliphatic rings. The molecule has 0 radical (unpaired) electrons. The highest BCUT2D eigenvalue weighted by atomic mass is 16.5. The summed E-state index contributed by atoms with van der Waals surface area (Å²) in [5.74, 6) is 0.470. The topological polar surface area (TPSA) is 74.3 Å². The number of carbonyl (C=O) groups is 2. The van der Waals surface area contributed by atoms with E-state index in [9.17, 15) is 9.59 Å². The number of hydrogen-bond acceptors (Lipinski definition) is 5. The van der Waals surface area contributed by atoms with Crippen molar-refractivity contribution in [3.05, 3.63) is 76.8 Å². The molecule has 3 rings (SSSR count). The van der Waals surface area contributed by atoms with Crippen LogP contribution in [0.4, 0.5) is 0 Å². The molecule has 0 fully saturated rings. The second kappa shape index (κ2) is 7.86. The summed E-state index contributed by atoms with van der Waals surface area (Å²) in [6.45, 7) is 5.18. The molecule has 138 valence electrons. The molecule has 6 heteroatoms. The molecule has 0 aliphatic heterocycles. The zero-order valence-electron chi connectivity index (χ0n) is 15.4. The lowest BCUT2D eigenvalue weighted by atomic mass is 10.1. The van der Waals surface area contributed by atoms with Gasteiger partial charge in [0.25, 0.3) is 0 Å². The van der Waals surface area contributed by atoms with Crippen LogP contribution in [0, 0.1) is 20.8 Å². The van der Waals surface area contributed by atoms with Crippen molar-refractivity contribution in [3.8, 4) is 5.82 Å². The minimum Gasteiger partial charge on any atom is -0.454 e. The van der Waals surface area contributed by atoms with Crippen LogP contribution in [0.5, 0.6) is 0 Å². The molecule has 0 N–H and O–H groups in total. The van der Waals surface area contributed by atoms with E-state index in [4.69, 9.17) is 9.26 Å². The molecule has 3 aromatic rings. The first-order chi connectivity index (χ1) is 13.0. The van der Waals surface area contributed by atoms with Gasteiger partial charge in [-0.3, -0.25) is 9.36 Å². The number of benzene rings is 1. The van der Waals surface area contributed by atoms with Gasteiger partial charge in [-0.1, -0.05) is 35.5 Å². The van der Waals surface area contributed by atoms with Crippen molar-refractivity contribution in [2.24, 2.45) is 0 Å². The minimum absolute atomic E-state index is 0.268. The van der Waals surface area contributed by atoms with E-state index in [1.807, 2.05) is 48.7 Å². The lowest BCUT2D eigenvalue weighted by Gasteiger charge is -2.05. The molecule has 0 saturated heterocycles. The van der Waals surface area contributed by atoms with E-state index in [0.717, 1.165) is 17.0 Å². The Balaban J connectivity index is 1.66. The second-order valence-corrected chi connectivity index (χ2v) is 6.19. The maximum absolute atomic E-state index is 12.5. The van der Waals surface area contributed by atoms with Crippen molar-refractivity contribution in [2.75, 3.05) is 6.61 Å². The summed E-state index contributed by atoms with van der Waals surface area (Å²) in [5, 5.41) is 3.99. The first kappa shape index (κ1) is 18.4. The lowest BCUT2D eigenvalue weighted by molar-refractivity contribution is -0.136. The van der Waals surface area contributed by atoms with E-state index in [-0.39, 0.29) is 12.4 Å². The lowest BCUT2D eigenvalue weighted by Crippen LogP contribution is -2.13. The van der Waals surface area contributed by atoms with Crippen LogP contribution in [-0.4, -0.2) is 28.1 Å². The van der Waals surface area contributed by atoms with Crippen LogP contribution in [-0.2, 0) is 9.53 Å². The first-order valence-corrected chi connectivity index (χ1v) is 8.51. The van der Waals surface area contributed by atoms with Crippen LogP contribution in [0.1, 0.15) is 33.1 Å². The maximum atomic E-state index is 12.5. The molecule has 0 unspecified atom stereocenters. The van der Waals surface area contributed by atoms with Crippen LogP contribution >= 0.6 is 0 Å². The van der Waals surface area contributed by atoms with Crippen molar-refractivity contribution in [3.63, 3.8) is 0 Å². The van der Waals surface area contributed by atoms with Gasteiger partial charge in [-0.25, -0.2) is 4.79 Å². The van der Waals surface area contributed by atoms with Crippen LogP contribution in [0.2, 0.25) is 0 Å². The number of hydrogen-bond donors (Lipinski definition) is 0. The van der Waals surface area contributed by atoms with Gasteiger partial charge in [-0.2, -0.15) is 0 Å². The van der Waals surface area contributed by atoms with Crippen molar-refractivity contribution in [2.45, 2.75) is 20.8 Å². The molecule has 2 aromatic heterocycles. The van der Waals surface area contributed by atoms with E-state index in [2.05, 4.69) is 5.16 Å². The molecule has 0 amide bonds. The number of carbonyl (C=O) groups excluding carboxylic acids is 2. The fourth-order valence-corrected chi connectivity index (χ4v) is 2.85. The van der Waals surface area contributed by atoms with E-state index in [0.29, 0.717) is 17.1 Å². The SMILES string of the molecule is Cc1cc(-n2c(C)cc(C(=O)COC(=O)/C=C/c3ccccc3)c2C)no1. The molecule has 27 heavy (non-hydrogen) atoms. The number of nitrogens with zero attached hydrogens (tertiary/aromatic N) is 2. The molecule has 6 nitrogen and oxygen atoms in total. The average molecular weight is 364 g/mol. The zero-order chi connectivity index (χ0) is 19.4. The van der Waals surface area contributed by atoms with Crippen LogP contribution in [0.3, 0.4) is 0 Å². The molecule has 0 aliphatic carbocycles. The monoisotopic (exact) mass is 364 g/mol. The summed E-state index contributed by atoms with van der Waals surface area (Å²) in [6, 6.07) is 12.9. The Morgan fingerprint density at radius 3 is 2.56 bits per heavy atom. The fraction of sp³-hybridized carbons (Fsp3) is 0.190. The summed E-state index contributed by atoms with van der Waals surface area (Å²) in [6.07, 6.45) is 2.95. The van der Waals surface area contributed by atoms with Crippen molar-refractivity contribution in [1.29, 1.82) is 0 Å². The Morgan fingerprint density at radius 2 is 1.89 bits per heavy atom. The first-order valence-electron chi connectivity index (χ1n) is 8.51. The van der Waals surface area contributed by atoms with Gasteiger partial charge >= 0.3 is 5.97 Å². The number of ether oxygens (including phenoxy) is 1. The Labute approximate surface area is 157 Å². The van der Waals surface area contributed by atoms with Crippen molar-refractivity contribution < 1.29 is 18.8 Å². The largest absolute Gasteiger partial charge is 0.454 e. The molecule has 0 bridgehead atoms. The van der Waals surface area contributed by atoms with Gasteiger partial charge in [-0.05, 0) is 38.5 Å². The number of Topliss-reactive ketones (excluding diaryl/α,β-unsaturated/α-hetero) is 1. The summed E-state index contributed by atoms with van der Waals surface area (Å²) < 4.78 is 12.0. The third-order valence-electron chi connectivity index (χ3n) is 4.13. The smallest absolute Gasteiger partial charge is 0.331 e. The zero-order valence-corrected chi connectivity index (χ0v) is 15.4. The number of aromatic nitrogens is 2. The molecule has 2 heterocycles. The maximum Gasteiger partial charge on any atom is 0.331 e. The Hall–Kier alpha value is -3.41. The van der Waals surface area contributed by atoms with E-state index in [1.165, 1.54) is 6.08 Å². The molecular formula is C21H20N2O4. The van der Waals surface area contributed by atoms with Gasteiger partial charge in [0.1, 0.15) is 5.76 Å². The fourth-order valence-electron chi connectivity index (χ4n) is 2.85. The van der Waals surface area contributed by atoms with Gasteiger partial charge in [0.15, 0.2) is 12.4 Å². The predicted molar refractivity (Wildman–Crippen MR) is 101 cm³/mol. The summed E-state index contributed by atoms with van der Waals surface area (Å²) in [5.41, 5.74) is 2.95. The Kier molecular flexibility index (Phi) is 5.35. The van der Waals surface area contributed by atoms with Gasteiger partial charge in [-0.15, -0.1) is 0 Å². The number of rotatable bonds is 6. The normalized spacial score (nSPS) is 11.1. The molecule has 0 spiro atoms. The molecule has 0 saturated carbocycles. The van der Waals surface area contributed by atoms with Crippen molar-refractivity contribution in [1.82, 2.24) is 9.72 Å². The van der Waals surface area contributed by atoms with Crippen molar-refractivity contribution >= 4 is 17.8 Å². The third-order valence-corrected chi connectivity index (χ3v) is 4.13. The number of ketones is 1. The van der Waals surface area contributed by atoms with Gasteiger partial charge < -0.3 is 9.26 Å². The summed E-state index contributed by atoms with van der Waals surface area (Å²) in [7, 11) is 0. The quantitative estimate of drug-likeness (QED) is 0.377. The average Bonchev–Trinajstić information content (AvgIpc) is 3.21. The van der Waals surface area contributed by atoms with E-state index in [1.54, 1.807) is 25.1 Å². The van der Waals surface area contributed by atoms with Crippen LogP contribution in [0.15, 0.2) is 53.1 Å². The van der Waals surface area contributed by atoms with Gasteiger partial charge in [0, 0.05) is 29.1 Å². The number of esters is 1. The minimum atomic E-state index is -0.562. The third kappa shape index (κ3) is 4.23. The molecular weight excluding hydrogens is 344 g/mol. The Bertz CT molecular complexity index is 997. The highest BCUT2D eigenvalue weighted by molar-refractivity contribution is 6.00. The van der Waals surface area contributed by atoms with Crippen LogP contribution < -0.4 is 0 Å². The van der Waals surface area contributed by atoms with E-state index < -0.39 is 5.97 Å². The molecule has 1 aromatic carbocycles. The number of aryl methyl sites for hydroxylation is 2. The van der Waals surface area contributed by atoms with Gasteiger partial charge in [0.05, 0.1) is 0 Å². The van der Waals surface area contributed by atoms with E-state index >= 15 is 0 Å². The second-order valence-electron chi connectivity index (χ2n) is 6.19. The summed E-state index contributed by atoms with van der Waals surface area (Å²) in [4.78, 5) is 24.3. The standard InChI is InChI=1S/C21H20N2O4/c1-14-11-18(16(3)23(14)20-12-15(2)27-22-20)19(24)13-26-21(25)10-9-17-7-5-4-6-8-17/h4-12H,13H2,1-3H3/b10-9+. The van der Waals surface area contributed by atoms with Crippen LogP contribution in [0.25, 0.3) is 11.9 Å². The summed E-state index contributed by atoms with van der Waals surface area (Å²) >= 11 is 0. The van der Waals surface area contributed by atoms with Gasteiger partial charge in [0.2, 0.25) is 5.78 Å². The molecule has 0 atom stereocenters. The highest BCUT2D eigenvalue weighted by Gasteiger charge is 2.19. The highest BCUT2D eigenvalue weighted by Crippen LogP contribution is 2.21. The predicted octanol–water partition coefficient (Wildman–Crippen LogP) is 3.83.